The number of esters is 2. The van der Waals surface area contributed by atoms with Crippen LogP contribution in [0.5, 0.6) is 0 Å². The first-order valence-corrected chi connectivity index (χ1v) is 22.9. The number of phosphoric acid groups is 1. The Kier molecular flexibility index (Phi) is 37.6. The third-order valence-electron chi connectivity index (χ3n) is 9.51. The standard InChI is InChI=1S/C42H81O8P/c1-4-6-8-10-12-14-16-18-19-20-21-22-23-25-27-29-31-33-35-37-42(44)50-40(39-49-51(45,46)47-3)38-48-41(43)36-34-32-30-28-26-24-17-15-13-11-9-7-5-2/h18-19,40H,4-17,20-39H2,1-3H3,(H,45,46)/b19-18-. The summed E-state index contributed by atoms with van der Waals surface area (Å²) in [4.78, 5) is 34.4. The van der Waals surface area contributed by atoms with Gasteiger partial charge in [-0.15, -0.1) is 0 Å². The zero-order valence-electron chi connectivity index (χ0n) is 33.5. The van der Waals surface area contributed by atoms with Crippen molar-refractivity contribution in [3.8, 4) is 0 Å². The summed E-state index contributed by atoms with van der Waals surface area (Å²) in [7, 11) is -3.19. The van der Waals surface area contributed by atoms with Gasteiger partial charge in [0.15, 0.2) is 6.10 Å². The van der Waals surface area contributed by atoms with Gasteiger partial charge < -0.3 is 14.4 Å². The molecule has 8 nitrogen and oxygen atoms in total. The normalized spacial score (nSPS) is 13.4. The molecule has 0 aliphatic heterocycles. The molecule has 0 fully saturated rings. The van der Waals surface area contributed by atoms with Gasteiger partial charge >= 0.3 is 19.8 Å². The van der Waals surface area contributed by atoms with Crippen LogP contribution in [-0.4, -0.2) is 43.3 Å². The Morgan fingerprint density at radius 2 is 0.882 bits per heavy atom. The lowest BCUT2D eigenvalue weighted by Crippen LogP contribution is -2.29. The van der Waals surface area contributed by atoms with Crippen LogP contribution in [0.4, 0.5) is 0 Å². The van der Waals surface area contributed by atoms with E-state index in [9.17, 15) is 19.0 Å². The SMILES string of the molecule is CCCCCCCC/C=C\CCCCCCCCCCCC(=O)OC(COC(=O)CCCCCCCCCCCCCCC)COP(=O)(O)OC. The first kappa shape index (κ1) is 49.8. The molecule has 0 aromatic rings. The van der Waals surface area contributed by atoms with Crippen LogP contribution in [0, 0.1) is 0 Å². The first-order valence-electron chi connectivity index (χ1n) is 21.4. The van der Waals surface area contributed by atoms with Gasteiger partial charge in [-0.25, -0.2) is 4.57 Å². The third-order valence-corrected chi connectivity index (χ3v) is 10.4. The van der Waals surface area contributed by atoms with Crippen molar-refractivity contribution in [3.05, 3.63) is 12.2 Å². The second-order valence-electron chi connectivity index (χ2n) is 14.5. The number of carbonyl (C=O) groups excluding carboxylic acids is 2. The molecular formula is C42H81O8P. The van der Waals surface area contributed by atoms with Gasteiger partial charge in [-0.3, -0.25) is 18.6 Å². The largest absolute Gasteiger partial charge is 0.472 e. The van der Waals surface area contributed by atoms with Gasteiger partial charge in [0, 0.05) is 20.0 Å². The molecule has 0 aromatic carbocycles. The van der Waals surface area contributed by atoms with Crippen LogP contribution in [0.15, 0.2) is 12.2 Å². The number of ether oxygens (including phenoxy) is 2. The highest BCUT2D eigenvalue weighted by Gasteiger charge is 2.24. The number of unbranched alkanes of at least 4 members (excludes halogenated alkanes) is 27. The highest BCUT2D eigenvalue weighted by molar-refractivity contribution is 7.47. The minimum Gasteiger partial charge on any atom is -0.462 e. The average Bonchev–Trinajstić information content (AvgIpc) is 3.12. The predicted octanol–water partition coefficient (Wildman–Crippen LogP) is 13.3. The van der Waals surface area contributed by atoms with E-state index in [2.05, 4.69) is 30.5 Å². The fourth-order valence-electron chi connectivity index (χ4n) is 6.18. The Morgan fingerprint density at radius 3 is 1.27 bits per heavy atom. The molecule has 0 spiro atoms. The Labute approximate surface area is 314 Å². The molecule has 0 heterocycles. The fourth-order valence-corrected chi connectivity index (χ4v) is 6.64. The number of rotatable bonds is 40. The number of allylic oxidation sites excluding steroid dienone is 2. The van der Waals surface area contributed by atoms with E-state index >= 15 is 0 Å². The maximum atomic E-state index is 12.5. The summed E-state index contributed by atoms with van der Waals surface area (Å²) >= 11 is 0. The summed E-state index contributed by atoms with van der Waals surface area (Å²) in [6, 6.07) is 0. The molecule has 0 aromatic heterocycles. The van der Waals surface area contributed by atoms with E-state index in [0.717, 1.165) is 39.2 Å². The molecule has 2 atom stereocenters. The molecule has 1 N–H and O–H groups in total. The molecule has 0 amide bonds. The Bertz CT molecular complexity index is 849. The minimum atomic E-state index is -4.25. The van der Waals surface area contributed by atoms with Crippen molar-refractivity contribution < 1.29 is 37.6 Å². The van der Waals surface area contributed by atoms with Gasteiger partial charge in [0.05, 0.1) is 6.61 Å². The van der Waals surface area contributed by atoms with E-state index in [1.807, 2.05) is 0 Å². The van der Waals surface area contributed by atoms with Crippen molar-refractivity contribution in [2.75, 3.05) is 20.3 Å². The summed E-state index contributed by atoms with van der Waals surface area (Å²) in [5.74, 6) is -0.795. The molecule has 0 bridgehead atoms. The quantitative estimate of drug-likeness (QED) is 0.0286. The highest BCUT2D eigenvalue weighted by atomic mass is 31.2. The van der Waals surface area contributed by atoms with E-state index < -0.39 is 26.5 Å². The Hall–Kier alpha value is -1.21. The van der Waals surface area contributed by atoms with E-state index in [0.29, 0.717) is 12.8 Å². The highest BCUT2D eigenvalue weighted by Crippen LogP contribution is 2.42. The first-order chi connectivity index (χ1) is 24.8. The van der Waals surface area contributed by atoms with E-state index in [1.165, 1.54) is 154 Å². The third kappa shape index (κ3) is 38.3. The molecule has 0 rings (SSSR count). The second kappa shape index (κ2) is 38.5. The molecule has 0 aliphatic carbocycles. The summed E-state index contributed by atoms with van der Waals surface area (Å²) < 4.78 is 32.0. The summed E-state index contributed by atoms with van der Waals surface area (Å²) in [5, 5.41) is 0. The topological polar surface area (TPSA) is 108 Å². The molecule has 2 unspecified atom stereocenters. The average molecular weight is 745 g/mol. The molecule has 0 aliphatic rings. The van der Waals surface area contributed by atoms with Gasteiger partial charge in [0.2, 0.25) is 0 Å². The van der Waals surface area contributed by atoms with Crippen molar-refractivity contribution in [1.29, 1.82) is 0 Å². The monoisotopic (exact) mass is 745 g/mol. The number of hydrogen-bond donors (Lipinski definition) is 1. The zero-order valence-corrected chi connectivity index (χ0v) is 34.4. The van der Waals surface area contributed by atoms with Crippen molar-refractivity contribution in [1.82, 2.24) is 0 Å². The molecule has 0 saturated heterocycles. The van der Waals surface area contributed by atoms with Gasteiger partial charge in [0.25, 0.3) is 0 Å². The van der Waals surface area contributed by atoms with Crippen LogP contribution >= 0.6 is 7.82 Å². The van der Waals surface area contributed by atoms with Crippen LogP contribution in [0.25, 0.3) is 0 Å². The predicted molar refractivity (Wildman–Crippen MR) is 212 cm³/mol. The lowest BCUT2D eigenvalue weighted by atomic mass is 10.0. The molecule has 9 heteroatoms. The maximum absolute atomic E-state index is 12.5. The molecular weight excluding hydrogens is 663 g/mol. The van der Waals surface area contributed by atoms with Gasteiger partial charge in [-0.2, -0.15) is 0 Å². The van der Waals surface area contributed by atoms with Crippen LogP contribution in [0.2, 0.25) is 0 Å². The van der Waals surface area contributed by atoms with Gasteiger partial charge in [0.1, 0.15) is 6.61 Å². The van der Waals surface area contributed by atoms with Crippen molar-refractivity contribution in [2.24, 2.45) is 0 Å². The van der Waals surface area contributed by atoms with Crippen molar-refractivity contribution >= 4 is 19.8 Å². The molecule has 0 radical (unpaired) electrons. The van der Waals surface area contributed by atoms with Crippen LogP contribution in [0.1, 0.15) is 219 Å². The summed E-state index contributed by atoms with van der Waals surface area (Å²) in [5.41, 5.74) is 0. The Morgan fingerprint density at radius 1 is 0.529 bits per heavy atom. The fraction of sp³-hybridized carbons (Fsp3) is 0.905. The minimum absolute atomic E-state index is 0.220. The zero-order chi connectivity index (χ0) is 37.5. The second-order valence-corrected chi connectivity index (χ2v) is 16.0. The lowest BCUT2D eigenvalue weighted by molar-refractivity contribution is -0.161. The van der Waals surface area contributed by atoms with E-state index in [1.54, 1.807) is 0 Å². The Balaban J connectivity index is 3.96. The van der Waals surface area contributed by atoms with Crippen LogP contribution < -0.4 is 0 Å². The maximum Gasteiger partial charge on any atom is 0.472 e. The summed E-state index contributed by atoms with van der Waals surface area (Å²) in [6.45, 7) is 3.90. The van der Waals surface area contributed by atoms with E-state index in [4.69, 9.17) is 14.0 Å². The van der Waals surface area contributed by atoms with Crippen molar-refractivity contribution in [3.63, 3.8) is 0 Å². The molecule has 302 valence electrons. The van der Waals surface area contributed by atoms with Crippen LogP contribution in [0.3, 0.4) is 0 Å². The number of carbonyl (C=O) groups is 2. The van der Waals surface area contributed by atoms with Crippen LogP contribution in [-0.2, 0) is 32.7 Å². The van der Waals surface area contributed by atoms with E-state index in [-0.39, 0.29) is 19.0 Å². The molecule has 0 saturated carbocycles. The van der Waals surface area contributed by atoms with Gasteiger partial charge in [-0.05, 0) is 38.5 Å². The van der Waals surface area contributed by atoms with Crippen molar-refractivity contribution in [2.45, 2.75) is 225 Å². The smallest absolute Gasteiger partial charge is 0.462 e. The van der Waals surface area contributed by atoms with Gasteiger partial charge in [-0.1, -0.05) is 180 Å². The number of hydrogen-bond acceptors (Lipinski definition) is 7. The molecule has 51 heavy (non-hydrogen) atoms. The lowest BCUT2D eigenvalue weighted by Gasteiger charge is -2.19. The summed E-state index contributed by atoms with van der Waals surface area (Å²) in [6.07, 6.45) is 41.2. The number of phosphoric ester groups is 1.